The fourth-order valence-electron chi connectivity index (χ4n) is 2.88. The summed E-state index contributed by atoms with van der Waals surface area (Å²) < 4.78 is 0. The lowest BCUT2D eigenvalue weighted by molar-refractivity contribution is -0.131. The third kappa shape index (κ3) is 2.71. The second-order valence-electron chi connectivity index (χ2n) is 5.24. The number of carbonyl (C=O) groups excluding carboxylic acids is 1. The Kier molecular flexibility index (Phi) is 3.65. The minimum absolute atomic E-state index is 0.258. The average molecular weight is 256 g/mol. The van der Waals surface area contributed by atoms with Gasteiger partial charge in [0.25, 0.3) is 0 Å². The zero-order valence-corrected chi connectivity index (χ0v) is 11.2. The molecule has 1 N–H and O–H groups in total. The van der Waals surface area contributed by atoms with Gasteiger partial charge in [0.15, 0.2) is 0 Å². The van der Waals surface area contributed by atoms with Gasteiger partial charge in [-0.2, -0.15) is 0 Å². The summed E-state index contributed by atoms with van der Waals surface area (Å²) in [5.41, 5.74) is 3.84. The second kappa shape index (κ2) is 5.57. The summed E-state index contributed by atoms with van der Waals surface area (Å²) >= 11 is 0. The average Bonchev–Trinajstić information content (AvgIpc) is 2.48. The molecule has 0 radical (unpaired) electrons. The molecule has 1 aromatic carbocycles. The summed E-state index contributed by atoms with van der Waals surface area (Å²) in [6.45, 7) is 3.50. The Bertz CT molecular complexity index is 501. The van der Waals surface area contributed by atoms with Crippen molar-refractivity contribution in [1.82, 2.24) is 10.2 Å². The predicted octanol–water partition coefficient (Wildman–Crippen LogP) is 1.62. The van der Waals surface area contributed by atoms with Gasteiger partial charge < -0.3 is 10.2 Å². The first-order valence-electron chi connectivity index (χ1n) is 7.10. The van der Waals surface area contributed by atoms with Crippen molar-refractivity contribution in [2.45, 2.75) is 19.3 Å². The first-order chi connectivity index (χ1) is 9.34. The van der Waals surface area contributed by atoms with Crippen LogP contribution in [-0.2, 0) is 17.6 Å². The van der Waals surface area contributed by atoms with Crippen LogP contribution in [0.5, 0.6) is 0 Å². The quantitative estimate of drug-likeness (QED) is 0.872. The Morgan fingerprint density at radius 3 is 2.95 bits per heavy atom. The molecular weight excluding hydrogens is 236 g/mol. The molecule has 100 valence electrons. The molecule has 1 aliphatic heterocycles. The second-order valence-corrected chi connectivity index (χ2v) is 5.24. The lowest BCUT2D eigenvalue weighted by atomic mass is 9.92. The number of hydrogen-bond donors (Lipinski definition) is 1. The molecule has 1 heterocycles. The van der Waals surface area contributed by atoms with Crippen molar-refractivity contribution in [2.75, 3.05) is 26.2 Å². The molecule has 0 aromatic heterocycles. The molecule has 3 nitrogen and oxygen atoms in total. The number of aryl methyl sites for hydroxylation is 1. The summed E-state index contributed by atoms with van der Waals surface area (Å²) in [4.78, 5) is 14.3. The minimum Gasteiger partial charge on any atom is -0.340 e. The van der Waals surface area contributed by atoms with Crippen LogP contribution >= 0.6 is 0 Å². The van der Waals surface area contributed by atoms with Crippen molar-refractivity contribution < 1.29 is 4.79 Å². The van der Waals surface area contributed by atoms with Gasteiger partial charge in [0, 0.05) is 26.2 Å². The van der Waals surface area contributed by atoms with Crippen LogP contribution in [0.1, 0.15) is 23.1 Å². The molecule has 3 heteroatoms. The molecule has 0 saturated carbocycles. The standard InChI is InChI=1S/C16H20N2O/c19-16(18-10-8-17-9-11-18)12-14-6-3-5-13-4-1-2-7-15(13)14/h2-3,5-7,17H,1,4,8-12H2. The summed E-state index contributed by atoms with van der Waals surface area (Å²) in [5.74, 6) is 0.258. The monoisotopic (exact) mass is 256 g/mol. The van der Waals surface area contributed by atoms with Crippen molar-refractivity contribution in [3.05, 3.63) is 41.0 Å². The lowest BCUT2D eigenvalue weighted by Crippen LogP contribution is -2.47. The van der Waals surface area contributed by atoms with E-state index in [1.54, 1.807) is 0 Å². The van der Waals surface area contributed by atoms with Crippen molar-refractivity contribution in [1.29, 1.82) is 0 Å². The minimum atomic E-state index is 0.258. The molecule has 1 fully saturated rings. The largest absolute Gasteiger partial charge is 0.340 e. The van der Waals surface area contributed by atoms with Crippen molar-refractivity contribution in [2.24, 2.45) is 0 Å². The number of carbonyl (C=O) groups is 1. The van der Waals surface area contributed by atoms with Crippen molar-refractivity contribution in [3.63, 3.8) is 0 Å². The van der Waals surface area contributed by atoms with E-state index >= 15 is 0 Å². The van der Waals surface area contributed by atoms with Crippen LogP contribution in [0.2, 0.25) is 0 Å². The Morgan fingerprint density at radius 1 is 1.26 bits per heavy atom. The van der Waals surface area contributed by atoms with E-state index in [0.29, 0.717) is 6.42 Å². The number of amides is 1. The van der Waals surface area contributed by atoms with E-state index in [4.69, 9.17) is 0 Å². The van der Waals surface area contributed by atoms with Gasteiger partial charge in [0.2, 0.25) is 5.91 Å². The number of nitrogens with one attached hydrogen (secondary N) is 1. The SMILES string of the molecule is O=C(Cc1cccc2c1C=CCC2)N1CCNCC1. The number of nitrogens with zero attached hydrogens (tertiary/aromatic N) is 1. The smallest absolute Gasteiger partial charge is 0.227 e. The first-order valence-corrected chi connectivity index (χ1v) is 7.10. The van der Waals surface area contributed by atoms with E-state index in [1.165, 1.54) is 16.7 Å². The molecular formula is C16H20N2O. The van der Waals surface area contributed by atoms with Gasteiger partial charge in [-0.25, -0.2) is 0 Å². The number of allylic oxidation sites excluding steroid dienone is 1. The number of fused-ring (bicyclic) bond motifs is 1. The van der Waals surface area contributed by atoms with Gasteiger partial charge in [-0.15, -0.1) is 0 Å². The first kappa shape index (κ1) is 12.4. The maximum atomic E-state index is 12.3. The van der Waals surface area contributed by atoms with Gasteiger partial charge >= 0.3 is 0 Å². The number of piperazine rings is 1. The van der Waals surface area contributed by atoms with Crippen LogP contribution in [0, 0.1) is 0 Å². The number of rotatable bonds is 2. The van der Waals surface area contributed by atoms with Crippen LogP contribution in [0.15, 0.2) is 24.3 Å². The zero-order chi connectivity index (χ0) is 13.1. The Morgan fingerprint density at radius 2 is 2.11 bits per heavy atom. The zero-order valence-electron chi connectivity index (χ0n) is 11.2. The molecule has 1 saturated heterocycles. The molecule has 0 atom stereocenters. The summed E-state index contributed by atoms with van der Waals surface area (Å²) in [6, 6.07) is 6.35. The van der Waals surface area contributed by atoms with E-state index in [1.807, 2.05) is 4.90 Å². The van der Waals surface area contributed by atoms with E-state index in [-0.39, 0.29) is 5.91 Å². The summed E-state index contributed by atoms with van der Waals surface area (Å²) in [7, 11) is 0. The van der Waals surface area contributed by atoms with Crippen LogP contribution in [0.4, 0.5) is 0 Å². The van der Waals surface area contributed by atoms with E-state index < -0.39 is 0 Å². The molecule has 19 heavy (non-hydrogen) atoms. The van der Waals surface area contributed by atoms with Gasteiger partial charge in [-0.05, 0) is 29.5 Å². The fourth-order valence-corrected chi connectivity index (χ4v) is 2.88. The van der Waals surface area contributed by atoms with Crippen molar-refractivity contribution >= 4 is 12.0 Å². The maximum absolute atomic E-state index is 12.3. The highest BCUT2D eigenvalue weighted by Crippen LogP contribution is 2.23. The summed E-state index contributed by atoms with van der Waals surface area (Å²) in [5, 5.41) is 3.28. The maximum Gasteiger partial charge on any atom is 0.227 e. The third-order valence-corrected chi connectivity index (χ3v) is 3.96. The molecule has 1 amide bonds. The highest BCUT2D eigenvalue weighted by atomic mass is 16.2. The molecule has 2 aliphatic rings. The van der Waals surface area contributed by atoms with E-state index in [2.05, 4.69) is 35.7 Å². The van der Waals surface area contributed by atoms with Crippen molar-refractivity contribution in [3.8, 4) is 0 Å². The van der Waals surface area contributed by atoms with Crippen LogP contribution in [0.25, 0.3) is 6.08 Å². The third-order valence-electron chi connectivity index (χ3n) is 3.96. The normalized spacial score (nSPS) is 18.2. The Balaban J connectivity index is 1.76. The van der Waals surface area contributed by atoms with Crippen LogP contribution in [-0.4, -0.2) is 37.0 Å². The van der Waals surface area contributed by atoms with Gasteiger partial charge in [0.1, 0.15) is 0 Å². The number of benzene rings is 1. The molecule has 1 aliphatic carbocycles. The van der Waals surface area contributed by atoms with E-state index in [0.717, 1.165) is 39.0 Å². The molecule has 0 spiro atoms. The van der Waals surface area contributed by atoms with Crippen LogP contribution < -0.4 is 5.32 Å². The lowest BCUT2D eigenvalue weighted by Gasteiger charge is -2.28. The van der Waals surface area contributed by atoms with Gasteiger partial charge in [-0.3, -0.25) is 4.79 Å². The van der Waals surface area contributed by atoms with Gasteiger partial charge in [0.05, 0.1) is 6.42 Å². The highest BCUT2D eigenvalue weighted by Gasteiger charge is 2.18. The topological polar surface area (TPSA) is 32.3 Å². The predicted molar refractivity (Wildman–Crippen MR) is 77.0 cm³/mol. The summed E-state index contributed by atoms with van der Waals surface area (Å²) in [6.07, 6.45) is 7.14. The Labute approximate surface area is 114 Å². The molecule has 0 bridgehead atoms. The van der Waals surface area contributed by atoms with E-state index in [9.17, 15) is 4.79 Å². The number of hydrogen-bond acceptors (Lipinski definition) is 2. The Hall–Kier alpha value is -1.61. The molecule has 1 aromatic rings. The fraction of sp³-hybridized carbons (Fsp3) is 0.438. The molecule has 3 rings (SSSR count). The van der Waals surface area contributed by atoms with Gasteiger partial charge in [-0.1, -0.05) is 30.4 Å². The highest BCUT2D eigenvalue weighted by molar-refractivity contribution is 5.80. The van der Waals surface area contributed by atoms with Crippen LogP contribution in [0.3, 0.4) is 0 Å². The molecule has 0 unspecified atom stereocenters.